The molecule has 0 atom stereocenters. The van der Waals surface area contributed by atoms with Crippen LogP contribution in [0.3, 0.4) is 0 Å². The number of aromatic hydroxyl groups is 1. The third-order valence-corrected chi connectivity index (χ3v) is 7.52. The van der Waals surface area contributed by atoms with Gasteiger partial charge in [0.25, 0.3) is 16.0 Å². The number of ether oxygens (including phenoxy) is 1. The van der Waals surface area contributed by atoms with E-state index in [1.54, 1.807) is 42.5 Å². The smallest absolute Gasteiger partial charge is 0.296 e. The van der Waals surface area contributed by atoms with Gasteiger partial charge in [-0.25, -0.2) is 0 Å². The van der Waals surface area contributed by atoms with Gasteiger partial charge in [-0.3, -0.25) is 9.35 Å². The van der Waals surface area contributed by atoms with E-state index in [0.717, 1.165) is 0 Å². The van der Waals surface area contributed by atoms with E-state index >= 15 is 0 Å². The number of hydrogen-bond acceptors (Lipinski definition) is 7. The fourth-order valence-corrected chi connectivity index (χ4v) is 5.21. The molecule has 0 bridgehead atoms. The van der Waals surface area contributed by atoms with Gasteiger partial charge in [0.15, 0.2) is 5.75 Å². The van der Waals surface area contributed by atoms with Crippen molar-refractivity contribution >= 4 is 67.1 Å². The van der Waals surface area contributed by atoms with Crippen LogP contribution in [0.2, 0.25) is 10.0 Å². The van der Waals surface area contributed by atoms with Gasteiger partial charge in [0, 0.05) is 11.5 Å². The van der Waals surface area contributed by atoms with Crippen molar-refractivity contribution in [3.63, 3.8) is 0 Å². The van der Waals surface area contributed by atoms with E-state index in [-0.39, 0.29) is 27.0 Å². The van der Waals surface area contributed by atoms with Crippen molar-refractivity contribution in [3.05, 3.63) is 81.8 Å². The van der Waals surface area contributed by atoms with Crippen LogP contribution < -0.4 is 10.1 Å². The standard InChI is InChI=1S/C27H23Cl2N3O6S/c1-3-15-9-12-22(39(35,36)37)23(29)24(15)31-32-25-18-8-6-5-7-16(18)13-19(26(25)33)27(34)30-21-11-10-17(38-4-2)14-20(21)28/h5-14,33H,3-4H2,1-2H3,(H,30,34)(H,35,36,37). The Morgan fingerprint density at radius 3 is 2.38 bits per heavy atom. The Balaban J connectivity index is 1.81. The summed E-state index contributed by atoms with van der Waals surface area (Å²) >= 11 is 12.6. The number of phenolic OH excluding ortho intramolecular Hbond substituents is 1. The summed E-state index contributed by atoms with van der Waals surface area (Å²) in [5, 5.41) is 23.1. The molecule has 3 N–H and O–H groups in total. The Bertz CT molecular complexity index is 1720. The summed E-state index contributed by atoms with van der Waals surface area (Å²) < 4.78 is 38.4. The van der Waals surface area contributed by atoms with E-state index in [4.69, 9.17) is 27.9 Å². The van der Waals surface area contributed by atoms with Gasteiger partial charge in [0.2, 0.25) is 0 Å². The third kappa shape index (κ3) is 5.99. The number of phenols is 1. The first kappa shape index (κ1) is 28.3. The molecule has 0 aliphatic rings. The lowest BCUT2D eigenvalue weighted by atomic mass is 10.0. The van der Waals surface area contributed by atoms with Gasteiger partial charge in [-0.2, -0.15) is 8.42 Å². The van der Waals surface area contributed by atoms with Gasteiger partial charge in [0.1, 0.15) is 22.0 Å². The molecule has 0 spiro atoms. The van der Waals surface area contributed by atoms with E-state index in [2.05, 4.69) is 15.5 Å². The number of benzene rings is 4. The summed E-state index contributed by atoms with van der Waals surface area (Å²) in [5.41, 5.74) is 0.738. The van der Waals surface area contributed by atoms with Crippen LogP contribution in [0.4, 0.5) is 17.1 Å². The molecule has 9 nitrogen and oxygen atoms in total. The first-order valence-electron chi connectivity index (χ1n) is 11.7. The second kappa shape index (κ2) is 11.6. The van der Waals surface area contributed by atoms with Crippen molar-refractivity contribution in [1.82, 2.24) is 0 Å². The second-order valence-corrected chi connectivity index (χ2v) is 10.5. The summed E-state index contributed by atoms with van der Waals surface area (Å²) in [6.45, 7) is 4.10. The maximum atomic E-state index is 13.2. The summed E-state index contributed by atoms with van der Waals surface area (Å²) in [7, 11) is -4.62. The summed E-state index contributed by atoms with van der Waals surface area (Å²) in [6, 6.07) is 15.9. The molecule has 0 saturated carbocycles. The fourth-order valence-electron chi connectivity index (χ4n) is 3.91. The van der Waals surface area contributed by atoms with Gasteiger partial charge >= 0.3 is 0 Å². The number of fused-ring (bicyclic) bond motifs is 1. The number of nitrogens with zero attached hydrogens (tertiary/aromatic N) is 2. The number of anilines is 1. The molecular formula is C27H23Cl2N3O6S. The van der Waals surface area contributed by atoms with Crippen LogP contribution in [0.15, 0.2) is 75.8 Å². The number of aryl methyl sites for hydroxylation is 1. The second-order valence-electron chi connectivity index (χ2n) is 8.29. The summed E-state index contributed by atoms with van der Waals surface area (Å²) in [5.74, 6) is -0.571. The highest BCUT2D eigenvalue weighted by Crippen LogP contribution is 2.42. The van der Waals surface area contributed by atoms with Gasteiger partial charge in [-0.1, -0.05) is 60.5 Å². The number of halogens is 2. The first-order chi connectivity index (χ1) is 18.5. The molecule has 4 rings (SSSR count). The number of amides is 1. The zero-order chi connectivity index (χ0) is 28.3. The first-order valence-corrected chi connectivity index (χ1v) is 13.9. The number of hydrogen-bond donors (Lipinski definition) is 3. The number of rotatable bonds is 8. The van der Waals surface area contributed by atoms with E-state index in [1.807, 2.05) is 13.8 Å². The van der Waals surface area contributed by atoms with Crippen LogP contribution in [0.1, 0.15) is 29.8 Å². The Morgan fingerprint density at radius 2 is 1.72 bits per heavy atom. The molecule has 202 valence electrons. The summed E-state index contributed by atoms with van der Waals surface area (Å²) in [6.07, 6.45) is 0.428. The van der Waals surface area contributed by atoms with E-state index < -0.39 is 26.7 Å². The largest absolute Gasteiger partial charge is 0.505 e. The monoisotopic (exact) mass is 587 g/mol. The number of azo groups is 1. The number of carbonyl (C=O) groups is 1. The minimum atomic E-state index is -4.62. The highest BCUT2D eigenvalue weighted by Gasteiger charge is 2.22. The third-order valence-electron chi connectivity index (χ3n) is 5.81. The molecule has 1 amide bonds. The molecule has 39 heavy (non-hydrogen) atoms. The van der Waals surface area contributed by atoms with Gasteiger partial charge in [0.05, 0.1) is 27.9 Å². The molecule has 4 aromatic rings. The molecule has 0 saturated heterocycles. The average molecular weight is 588 g/mol. The Labute approximate surface area is 234 Å². The normalized spacial score (nSPS) is 11.7. The van der Waals surface area contributed by atoms with E-state index in [1.165, 1.54) is 18.2 Å². The van der Waals surface area contributed by atoms with Crippen molar-refractivity contribution < 1.29 is 27.6 Å². The fraction of sp³-hybridized carbons (Fsp3) is 0.148. The van der Waals surface area contributed by atoms with Crippen LogP contribution in [-0.2, 0) is 16.5 Å². The lowest BCUT2D eigenvalue weighted by Crippen LogP contribution is -2.12. The molecule has 0 aromatic heterocycles. The Hall–Kier alpha value is -3.70. The van der Waals surface area contributed by atoms with Gasteiger partial charge in [-0.15, -0.1) is 10.2 Å². The van der Waals surface area contributed by atoms with Crippen molar-refractivity contribution in [3.8, 4) is 11.5 Å². The molecule has 0 aliphatic carbocycles. The van der Waals surface area contributed by atoms with Gasteiger partial charge < -0.3 is 15.2 Å². The lowest BCUT2D eigenvalue weighted by molar-refractivity contribution is 0.102. The lowest BCUT2D eigenvalue weighted by Gasteiger charge is -2.13. The molecule has 0 unspecified atom stereocenters. The van der Waals surface area contributed by atoms with Crippen LogP contribution in [0, 0.1) is 0 Å². The van der Waals surface area contributed by atoms with Crippen molar-refractivity contribution in [1.29, 1.82) is 0 Å². The topological polar surface area (TPSA) is 138 Å². The highest BCUT2D eigenvalue weighted by molar-refractivity contribution is 7.86. The quantitative estimate of drug-likeness (QED) is 0.142. The van der Waals surface area contributed by atoms with Crippen molar-refractivity contribution in [2.24, 2.45) is 10.2 Å². The minimum Gasteiger partial charge on any atom is -0.505 e. The molecule has 4 aromatic carbocycles. The maximum Gasteiger partial charge on any atom is 0.296 e. The van der Waals surface area contributed by atoms with Crippen LogP contribution in [0.25, 0.3) is 10.8 Å². The highest BCUT2D eigenvalue weighted by atomic mass is 35.5. The average Bonchev–Trinajstić information content (AvgIpc) is 2.89. The molecule has 12 heteroatoms. The predicted octanol–water partition coefficient (Wildman–Crippen LogP) is 7.73. The minimum absolute atomic E-state index is 0.00815. The molecular weight excluding hydrogens is 565 g/mol. The van der Waals surface area contributed by atoms with Crippen LogP contribution in [-0.4, -0.2) is 30.6 Å². The molecule has 0 aliphatic heterocycles. The number of carbonyl (C=O) groups excluding carboxylic acids is 1. The van der Waals surface area contributed by atoms with Gasteiger partial charge in [-0.05, 0) is 48.6 Å². The van der Waals surface area contributed by atoms with E-state index in [0.29, 0.717) is 40.8 Å². The molecule has 0 fully saturated rings. The van der Waals surface area contributed by atoms with Crippen LogP contribution >= 0.6 is 23.2 Å². The number of nitrogens with one attached hydrogen (secondary N) is 1. The zero-order valence-electron chi connectivity index (χ0n) is 20.8. The Morgan fingerprint density at radius 1 is 1.00 bits per heavy atom. The van der Waals surface area contributed by atoms with Crippen LogP contribution in [0.5, 0.6) is 11.5 Å². The summed E-state index contributed by atoms with van der Waals surface area (Å²) in [4.78, 5) is 12.7. The van der Waals surface area contributed by atoms with Crippen molar-refractivity contribution in [2.75, 3.05) is 11.9 Å². The molecule has 0 radical (unpaired) electrons. The predicted molar refractivity (Wildman–Crippen MR) is 151 cm³/mol. The Kier molecular flexibility index (Phi) is 8.41. The maximum absolute atomic E-state index is 13.2. The molecule has 0 heterocycles. The van der Waals surface area contributed by atoms with E-state index in [9.17, 15) is 22.9 Å². The van der Waals surface area contributed by atoms with Crippen molar-refractivity contribution in [2.45, 2.75) is 25.2 Å². The zero-order valence-corrected chi connectivity index (χ0v) is 23.1. The SMILES string of the molecule is CCOc1ccc(NC(=O)c2cc3ccccc3c(N=Nc3c(CC)ccc(S(=O)(=O)O)c3Cl)c2O)c(Cl)c1.